The van der Waals surface area contributed by atoms with Gasteiger partial charge in [-0.15, -0.1) is 17.8 Å². The highest BCUT2D eigenvalue weighted by Gasteiger charge is 2.10. The summed E-state index contributed by atoms with van der Waals surface area (Å²) in [6.45, 7) is 2.14. The number of hydrogen-bond donors (Lipinski definition) is 1. The van der Waals surface area contributed by atoms with Crippen LogP contribution in [0.1, 0.15) is 23.4 Å². The Morgan fingerprint density at radius 1 is 1.41 bits per heavy atom. The predicted octanol–water partition coefficient (Wildman–Crippen LogP) is 4.67. The van der Waals surface area contributed by atoms with Gasteiger partial charge < -0.3 is 5.32 Å². The molecule has 2 rings (SSSR count). The van der Waals surface area contributed by atoms with Crippen LogP contribution in [-0.4, -0.2) is 0 Å². The summed E-state index contributed by atoms with van der Waals surface area (Å²) in [5, 5.41) is 5.52. The van der Waals surface area contributed by atoms with Gasteiger partial charge in [-0.3, -0.25) is 0 Å². The number of benzene rings is 1. The van der Waals surface area contributed by atoms with Crippen LogP contribution in [0.2, 0.25) is 0 Å². The molecule has 1 aromatic heterocycles. The third-order valence-electron chi connectivity index (χ3n) is 2.45. The standard InChI is InChI=1S/C14H12BrNS/c1-3-11-5-4-6-12(9-11)16-10(2)14-13(15)7-8-17-14/h1,4-10,16H,2H3. The maximum absolute atomic E-state index is 5.39. The number of anilines is 1. The molecule has 0 radical (unpaired) electrons. The number of terminal acetylenes is 1. The minimum Gasteiger partial charge on any atom is -0.378 e. The molecular weight excluding hydrogens is 294 g/mol. The maximum Gasteiger partial charge on any atom is 0.0589 e. The van der Waals surface area contributed by atoms with E-state index in [2.05, 4.69) is 45.5 Å². The Morgan fingerprint density at radius 3 is 2.88 bits per heavy atom. The molecule has 3 heteroatoms. The second kappa shape index (κ2) is 5.39. The van der Waals surface area contributed by atoms with Crippen LogP contribution in [0, 0.1) is 12.3 Å². The van der Waals surface area contributed by atoms with Crippen LogP contribution in [0.5, 0.6) is 0 Å². The van der Waals surface area contributed by atoms with E-state index in [0.29, 0.717) is 0 Å². The van der Waals surface area contributed by atoms with Crippen LogP contribution in [0.3, 0.4) is 0 Å². The third kappa shape index (κ3) is 2.91. The van der Waals surface area contributed by atoms with Crippen LogP contribution < -0.4 is 5.32 Å². The van der Waals surface area contributed by atoms with Gasteiger partial charge in [0.15, 0.2) is 0 Å². The lowest BCUT2D eigenvalue weighted by atomic mass is 10.2. The zero-order chi connectivity index (χ0) is 12.3. The Hall–Kier alpha value is -1.24. The summed E-state index contributed by atoms with van der Waals surface area (Å²) >= 11 is 5.28. The Labute approximate surface area is 114 Å². The smallest absolute Gasteiger partial charge is 0.0589 e. The summed E-state index contributed by atoms with van der Waals surface area (Å²) in [4.78, 5) is 1.29. The minimum atomic E-state index is 0.261. The van der Waals surface area contributed by atoms with Crippen molar-refractivity contribution in [2.75, 3.05) is 5.32 Å². The van der Waals surface area contributed by atoms with Crippen molar-refractivity contribution in [3.8, 4) is 12.3 Å². The van der Waals surface area contributed by atoms with Gasteiger partial charge in [-0.05, 0) is 52.5 Å². The predicted molar refractivity (Wildman–Crippen MR) is 78.4 cm³/mol. The molecule has 2 aromatic rings. The molecule has 0 amide bonds. The lowest BCUT2D eigenvalue weighted by molar-refractivity contribution is 0.903. The van der Waals surface area contributed by atoms with Gasteiger partial charge in [-0.2, -0.15) is 0 Å². The van der Waals surface area contributed by atoms with Crippen molar-refractivity contribution < 1.29 is 0 Å². The molecule has 86 valence electrons. The second-order valence-corrected chi connectivity index (χ2v) is 5.53. The summed E-state index contributed by atoms with van der Waals surface area (Å²) < 4.78 is 1.15. The molecule has 0 fully saturated rings. The van der Waals surface area contributed by atoms with Crippen LogP contribution >= 0.6 is 27.3 Å². The summed E-state index contributed by atoms with van der Waals surface area (Å²) in [6, 6.07) is 10.2. The van der Waals surface area contributed by atoms with Gasteiger partial charge >= 0.3 is 0 Å². The number of thiophene rings is 1. The summed E-state index contributed by atoms with van der Waals surface area (Å²) in [7, 11) is 0. The molecule has 0 spiro atoms. The van der Waals surface area contributed by atoms with Crippen LogP contribution in [0.15, 0.2) is 40.2 Å². The van der Waals surface area contributed by atoms with Gasteiger partial charge in [-0.1, -0.05) is 12.0 Å². The highest BCUT2D eigenvalue weighted by Crippen LogP contribution is 2.31. The maximum atomic E-state index is 5.39. The first-order valence-corrected chi connectivity index (χ1v) is 6.94. The molecule has 0 aliphatic rings. The van der Waals surface area contributed by atoms with Crippen molar-refractivity contribution in [1.82, 2.24) is 0 Å². The van der Waals surface area contributed by atoms with Crippen molar-refractivity contribution in [3.63, 3.8) is 0 Å². The first-order chi connectivity index (χ1) is 8.20. The van der Waals surface area contributed by atoms with Crippen molar-refractivity contribution in [3.05, 3.63) is 50.6 Å². The van der Waals surface area contributed by atoms with Crippen LogP contribution in [0.4, 0.5) is 5.69 Å². The van der Waals surface area contributed by atoms with E-state index in [1.165, 1.54) is 4.88 Å². The normalized spacial score (nSPS) is 11.8. The summed E-state index contributed by atoms with van der Waals surface area (Å²) in [5.74, 6) is 2.64. The van der Waals surface area contributed by atoms with E-state index >= 15 is 0 Å². The molecule has 1 nitrogen and oxygen atoms in total. The first kappa shape index (κ1) is 12.2. The van der Waals surface area contributed by atoms with Gasteiger partial charge in [0.2, 0.25) is 0 Å². The fourth-order valence-corrected chi connectivity index (χ4v) is 3.35. The fourth-order valence-electron chi connectivity index (χ4n) is 1.63. The summed E-state index contributed by atoms with van der Waals surface area (Å²) in [6.07, 6.45) is 5.39. The van der Waals surface area contributed by atoms with E-state index in [9.17, 15) is 0 Å². The fraction of sp³-hybridized carbons (Fsp3) is 0.143. The van der Waals surface area contributed by atoms with Gasteiger partial charge in [0.25, 0.3) is 0 Å². The quantitative estimate of drug-likeness (QED) is 0.813. The average molecular weight is 306 g/mol. The molecule has 0 aliphatic carbocycles. The topological polar surface area (TPSA) is 12.0 Å². The Bertz CT molecular complexity index is 553. The Kier molecular flexibility index (Phi) is 3.88. The molecule has 0 aliphatic heterocycles. The largest absolute Gasteiger partial charge is 0.378 e. The van der Waals surface area contributed by atoms with Gasteiger partial charge in [-0.25, -0.2) is 0 Å². The zero-order valence-corrected chi connectivity index (χ0v) is 11.8. The van der Waals surface area contributed by atoms with E-state index < -0.39 is 0 Å². The number of halogens is 1. The van der Waals surface area contributed by atoms with E-state index in [1.807, 2.05) is 24.3 Å². The molecule has 1 atom stereocenters. The number of nitrogens with one attached hydrogen (secondary N) is 1. The molecular formula is C14H12BrNS. The zero-order valence-electron chi connectivity index (χ0n) is 9.41. The lowest BCUT2D eigenvalue weighted by Crippen LogP contribution is -2.05. The molecule has 1 aromatic carbocycles. The van der Waals surface area contributed by atoms with Gasteiger partial charge in [0.05, 0.1) is 6.04 Å². The highest BCUT2D eigenvalue weighted by atomic mass is 79.9. The Morgan fingerprint density at radius 2 is 2.24 bits per heavy atom. The number of hydrogen-bond acceptors (Lipinski definition) is 2. The van der Waals surface area contributed by atoms with Crippen molar-refractivity contribution >= 4 is 33.0 Å². The lowest BCUT2D eigenvalue weighted by Gasteiger charge is -2.14. The second-order valence-electron chi connectivity index (χ2n) is 3.72. The molecule has 0 saturated carbocycles. The Balaban J connectivity index is 2.16. The van der Waals surface area contributed by atoms with E-state index in [1.54, 1.807) is 11.3 Å². The third-order valence-corrected chi connectivity index (χ3v) is 4.50. The summed E-state index contributed by atoms with van der Waals surface area (Å²) in [5.41, 5.74) is 1.95. The average Bonchev–Trinajstić information content (AvgIpc) is 2.76. The molecule has 0 saturated heterocycles. The van der Waals surface area contributed by atoms with E-state index in [-0.39, 0.29) is 6.04 Å². The van der Waals surface area contributed by atoms with Gasteiger partial charge in [0, 0.05) is 20.6 Å². The minimum absolute atomic E-state index is 0.261. The molecule has 0 bridgehead atoms. The van der Waals surface area contributed by atoms with Crippen molar-refractivity contribution in [2.45, 2.75) is 13.0 Å². The van der Waals surface area contributed by atoms with Gasteiger partial charge in [0.1, 0.15) is 0 Å². The first-order valence-electron chi connectivity index (χ1n) is 5.27. The van der Waals surface area contributed by atoms with E-state index in [4.69, 9.17) is 6.42 Å². The van der Waals surface area contributed by atoms with Crippen molar-refractivity contribution in [2.24, 2.45) is 0 Å². The van der Waals surface area contributed by atoms with Crippen LogP contribution in [0.25, 0.3) is 0 Å². The number of rotatable bonds is 3. The molecule has 1 heterocycles. The van der Waals surface area contributed by atoms with Crippen LogP contribution in [-0.2, 0) is 0 Å². The van der Waals surface area contributed by atoms with Crippen molar-refractivity contribution in [1.29, 1.82) is 0 Å². The molecule has 1 N–H and O–H groups in total. The molecule has 17 heavy (non-hydrogen) atoms. The monoisotopic (exact) mass is 305 g/mol. The molecule has 1 unspecified atom stereocenters. The van der Waals surface area contributed by atoms with E-state index in [0.717, 1.165) is 15.7 Å². The highest BCUT2D eigenvalue weighted by molar-refractivity contribution is 9.10. The SMILES string of the molecule is C#Cc1cccc(NC(C)c2sccc2Br)c1.